The largest absolute Gasteiger partial charge is 0.441 e. The zero-order chi connectivity index (χ0) is 17.8. The SMILES string of the molecule is CN(Cc1cnn(C)c1)CC(O)Cn1c(-c2ccccc2)noc1=O. The van der Waals surface area contributed by atoms with E-state index in [1.165, 1.54) is 4.57 Å². The molecule has 0 saturated heterocycles. The minimum absolute atomic E-state index is 0.115. The highest BCUT2D eigenvalue weighted by Crippen LogP contribution is 2.15. The number of nitrogens with zero attached hydrogens (tertiary/aromatic N) is 5. The molecule has 3 rings (SSSR count). The van der Waals surface area contributed by atoms with Crippen LogP contribution in [0.2, 0.25) is 0 Å². The fourth-order valence-corrected chi connectivity index (χ4v) is 2.78. The Morgan fingerprint density at radius 3 is 2.76 bits per heavy atom. The van der Waals surface area contributed by atoms with Crippen molar-refractivity contribution in [2.75, 3.05) is 13.6 Å². The second-order valence-corrected chi connectivity index (χ2v) is 6.12. The van der Waals surface area contributed by atoms with Crippen LogP contribution >= 0.6 is 0 Å². The van der Waals surface area contributed by atoms with Crippen molar-refractivity contribution in [3.63, 3.8) is 0 Å². The third-order valence-corrected chi connectivity index (χ3v) is 3.84. The highest BCUT2D eigenvalue weighted by atomic mass is 16.5. The first-order valence-electron chi connectivity index (χ1n) is 7.99. The smallest absolute Gasteiger partial charge is 0.390 e. The Hall–Kier alpha value is -2.71. The van der Waals surface area contributed by atoms with Gasteiger partial charge in [-0.2, -0.15) is 5.10 Å². The van der Waals surface area contributed by atoms with E-state index in [1.54, 1.807) is 10.9 Å². The molecule has 0 bridgehead atoms. The van der Waals surface area contributed by atoms with Crippen LogP contribution in [0.25, 0.3) is 11.4 Å². The van der Waals surface area contributed by atoms with Gasteiger partial charge in [0.05, 0.1) is 18.8 Å². The van der Waals surface area contributed by atoms with E-state index in [0.29, 0.717) is 18.9 Å². The summed E-state index contributed by atoms with van der Waals surface area (Å²) >= 11 is 0. The quantitative estimate of drug-likeness (QED) is 0.680. The minimum Gasteiger partial charge on any atom is -0.390 e. The maximum atomic E-state index is 11.9. The van der Waals surface area contributed by atoms with Crippen molar-refractivity contribution < 1.29 is 9.63 Å². The Morgan fingerprint density at radius 2 is 2.08 bits per heavy atom. The first kappa shape index (κ1) is 17.1. The highest BCUT2D eigenvalue weighted by molar-refractivity contribution is 5.54. The van der Waals surface area contributed by atoms with Crippen LogP contribution in [0.5, 0.6) is 0 Å². The third-order valence-electron chi connectivity index (χ3n) is 3.84. The minimum atomic E-state index is -0.735. The summed E-state index contributed by atoms with van der Waals surface area (Å²) in [7, 11) is 3.77. The molecule has 0 amide bonds. The molecule has 0 spiro atoms. The van der Waals surface area contributed by atoms with E-state index < -0.39 is 11.9 Å². The molecule has 0 aliphatic heterocycles. The molecule has 1 aromatic carbocycles. The molecule has 1 N–H and O–H groups in total. The van der Waals surface area contributed by atoms with Gasteiger partial charge >= 0.3 is 5.76 Å². The Balaban J connectivity index is 1.66. The van der Waals surface area contributed by atoms with Gasteiger partial charge in [0, 0.05) is 37.5 Å². The molecule has 1 unspecified atom stereocenters. The van der Waals surface area contributed by atoms with Gasteiger partial charge in [0.15, 0.2) is 5.82 Å². The van der Waals surface area contributed by atoms with Crippen LogP contribution in [0.15, 0.2) is 52.0 Å². The van der Waals surface area contributed by atoms with Gasteiger partial charge < -0.3 is 5.11 Å². The average molecular weight is 343 g/mol. The van der Waals surface area contributed by atoms with Crippen LogP contribution in [0.4, 0.5) is 0 Å². The summed E-state index contributed by atoms with van der Waals surface area (Å²) in [5, 5.41) is 18.3. The van der Waals surface area contributed by atoms with Crippen molar-refractivity contribution in [1.82, 2.24) is 24.4 Å². The molecule has 0 fully saturated rings. The van der Waals surface area contributed by atoms with Gasteiger partial charge in [-0.15, -0.1) is 0 Å². The first-order valence-corrected chi connectivity index (χ1v) is 7.99. The zero-order valence-corrected chi connectivity index (χ0v) is 14.2. The van der Waals surface area contributed by atoms with Gasteiger partial charge in [0.2, 0.25) is 0 Å². The van der Waals surface area contributed by atoms with Crippen molar-refractivity contribution >= 4 is 0 Å². The predicted molar refractivity (Wildman–Crippen MR) is 91.7 cm³/mol. The van der Waals surface area contributed by atoms with Crippen molar-refractivity contribution in [2.45, 2.75) is 19.2 Å². The molecule has 3 aromatic rings. The topological polar surface area (TPSA) is 89.3 Å². The molecule has 8 heteroatoms. The van der Waals surface area contributed by atoms with Gasteiger partial charge in [-0.05, 0) is 7.05 Å². The Bertz CT molecular complexity index is 868. The molecular weight excluding hydrogens is 322 g/mol. The maximum absolute atomic E-state index is 11.9. The predicted octanol–water partition coefficient (Wildman–Crippen LogP) is 0.730. The molecule has 25 heavy (non-hydrogen) atoms. The molecule has 2 heterocycles. The van der Waals surface area contributed by atoms with Gasteiger partial charge in [-0.25, -0.2) is 4.79 Å². The van der Waals surface area contributed by atoms with Crippen molar-refractivity contribution in [2.24, 2.45) is 7.05 Å². The number of aromatic nitrogens is 4. The summed E-state index contributed by atoms with van der Waals surface area (Å²) in [6, 6.07) is 9.28. The molecule has 132 valence electrons. The van der Waals surface area contributed by atoms with E-state index >= 15 is 0 Å². The summed E-state index contributed by atoms with van der Waals surface area (Å²) in [5.74, 6) is -0.160. The molecule has 0 aliphatic rings. The lowest BCUT2D eigenvalue weighted by Gasteiger charge is -2.20. The van der Waals surface area contributed by atoms with E-state index in [2.05, 4.69) is 10.3 Å². The number of aryl methyl sites for hydroxylation is 1. The summed E-state index contributed by atoms with van der Waals surface area (Å²) in [6.07, 6.45) is 2.99. The second-order valence-electron chi connectivity index (χ2n) is 6.12. The van der Waals surface area contributed by atoms with Gasteiger partial charge in [0.1, 0.15) is 0 Å². The van der Waals surface area contributed by atoms with Crippen LogP contribution < -0.4 is 5.76 Å². The standard InChI is InChI=1S/C17H21N5O3/c1-20(9-13-8-18-21(2)10-13)11-15(23)12-22-16(19-25-17(22)24)14-6-4-3-5-7-14/h3-8,10,15,23H,9,11-12H2,1-2H3. The first-order chi connectivity index (χ1) is 12.0. The number of aliphatic hydroxyl groups excluding tert-OH is 1. The average Bonchev–Trinajstić information content (AvgIpc) is 3.14. The van der Waals surface area contributed by atoms with E-state index in [4.69, 9.17) is 4.52 Å². The number of likely N-dealkylation sites (N-methyl/N-ethyl adjacent to an activating group) is 1. The van der Waals surface area contributed by atoms with Crippen molar-refractivity contribution in [1.29, 1.82) is 0 Å². The zero-order valence-electron chi connectivity index (χ0n) is 14.2. The van der Waals surface area contributed by atoms with E-state index in [9.17, 15) is 9.90 Å². The number of aliphatic hydroxyl groups is 1. The molecule has 0 aliphatic carbocycles. The number of hydrogen-bond acceptors (Lipinski definition) is 6. The van der Waals surface area contributed by atoms with E-state index in [1.807, 2.05) is 55.5 Å². The molecule has 0 saturated carbocycles. The number of rotatable bonds is 7. The van der Waals surface area contributed by atoms with Gasteiger partial charge in [-0.3, -0.25) is 18.7 Å². The highest BCUT2D eigenvalue weighted by Gasteiger charge is 2.17. The van der Waals surface area contributed by atoms with E-state index in [-0.39, 0.29) is 6.54 Å². The normalized spacial score (nSPS) is 12.6. The Kier molecular flexibility index (Phi) is 5.11. The number of hydrogen-bond donors (Lipinski definition) is 1. The van der Waals surface area contributed by atoms with E-state index in [0.717, 1.165) is 11.1 Å². The van der Waals surface area contributed by atoms with Crippen LogP contribution in [0.1, 0.15) is 5.56 Å². The molecule has 2 aromatic heterocycles. The Labute approximate surface area is 144 Å². The van der Waals surface area contributed by atoms with Crippen LogP contribution in [0, 0.1) is 0 Å². The second kappa shape index (κ2) is 7.45. The van der Waals surface area contributed by atoms with Crippen LogP contribution in [0.3, 0.4) is 0 Å². The molecule has 8 nitrogen and oxygen atoms in total. The lowest BCUT2D eigenvalue weighted by atomic mass is 10.2. The molecule has 0 radical (unpaired) electrons. The summed E-state index contributed by atoms with van der Waals surface area (Å²) < 4.78 is 7.87. The molecule has 1 atom stereocenters. The van der Waals surface area contributed by atoms with Gasteiger partial charge in [0.25, 0.3) is 0 Å². The summed E-state index contributed by atoms with van der Waals surface area (Å²) in [6.45, 7) is 1.18. The fourth-order valence-electron chi connectivity index (χ4n) is 2.78. The van der Waals surface area contributed by atoms with Gasteiger partial charge in [-0.1, -0.05) is 35.5 Å². The lowest BCUT2D eigenvalue weighted by Crippen LogP contribution is -2.34. The third kappa shape index (κ3) is 4.23. The maximum Gasteiger partial charge on any atom is 0.441 e. The summed E-state index contributed by atoms with van der Waals surface area (Å²) in [5.41, 5.74) is 1.83. The van der Waals surface area contributed by atoms with Crippen LogP contribution in [-0.2, 0) is 20.1 Å². The lowest BCUT2D eigenvalue weighted by molar-refractivity contribution is 0.105. The Morgan fingerprint density at radius 1 is 1.32 bits per heavy atom. The fraction of sp³-hybridized carbons (Fsp3) is 0.353. The monoisotopic (exact) mass is 343 g/mol. The van der Waals surface area contributed by atoms with Crippen molar-refractivity contribution in [3.8, 4) is 11.4 Å². The van der Waals surface area contributed by atoms with Crippen molar-refractivity contribution in [3.05, 3.63) is 58.8 Å². The van der Waals surface area contributed by atoms with Crippen LogP contribution in [-0.4, -0.2) is 49.2 Å². The number of benzene rings is 1. The molecular formula is C17H21N5O3. The summed E-state index contributed by atoms with van der Waals surface area (Å²) in [4.78, 5) is 13.9.